The molecule has 1 aromatic rings. The van der Waals surface area contributed by atoms with Gasteiger partial charge in [0.05, 0.1) is 11.9 Å². The number of hydrogen-bond acceptors (Lipinski definition) is 3. The molecule has 0 atom stereocenters. The van der Waals surface area contributed by atoms with Crippen molar-refractivity contribution >= 4 is 5.69 Å². The van der Waals surface area contributed by atoms with Gasteiger partial charge in [-0.15, -0.1) is 0 Å². The molecule has 4 nitrogen and oxygen atoms in total. The number of nitrogens with zero attached hydrogens (tertiary/aromatic N) is 2. The summed E-state index contributed by atoms with van der Waals surface area (Å²) in [5.41, 5.74) is 0.850. The maximum atomic E-state index is 11.9. The highest BCUT2D eigenvalue weighted by Crippen LogP contribution is 2.24. The third-order valence-electron chi connectivity index (χ3n) is 3.60. The van der Waals surface area contributed by atoms with Gasteiger partial charge in [0.25, 0.3) is 5.56 Å². The second-order valence-electron chi connectivity index (χ2n) is 5.20. The molecule has 1 aliphatic carbocycles. The molecule has 1 saturated carbocycles. The number of aromatic nitrogens is 2. The molecular weight excluding hydrogens is 226 g/mol. The van der Waals surface area contributed by atoms with Crippen LogP contribution < -0.4 is 10.9 Å². The van der Waals surface area contributed by atoms with Gasteiger partial charge in [0.2, 0.25) is 0 Å². The molecule has 0 saturated heterocycles. The van der Waals surface area contributed by atoms with Gasteiger partial charge in [-0.05, 0) is 25.2 Å². The van der Waals surface area contributed by atoms with Gasteiger partial charge in [0, 0.05) is 19.2 Å². The molecule has 1 aliphatic rings. The van der Waals surface area contributed by atoms with E-state index < -0.39 is 0 Å². The molecule has 1 fully saturated rings. The number of nitrogens with one attached hydrogen (secondary N) is 1. The van der Waals surface area contributed by atoms with Crippen molar-refractivity contribution in [1.29, 1.82) is 0 Å². The molecule has 2 rings (SSSR count). The number of hydrogen-bond donors (Lipinski definition) is 1. The van der Waals surface area contributed by atoms with Crippen molar-refractivity contribution in [1.82, 2.24) is 9.78 Å². The van der Waals surface area contributed by atoms with Gasteiger partial charge in [0.15, 0.2) is 0 Å². The Morgan fingerprint density at radius 1 is 1.39 bits per heavy atom. The minimum absolute atomic E-state index is 0.0154. The summed E-state index contributed by atoms with van der Waals surface area (Å²) in [5.74, 6) is 0.637. The first-order valence-electron chi connectivity index (χ1n) is 7.10. The Balaban J connectivity index is 1.98. The summed E-state index contributed by atoms with van der Waals surface area (Å²) in [6.45, 7) is 3.77. The van der Waals surface area contributed by atoms with Crippen molar-refractivity contribution in [2.24, 2.45) is 5.92 Å². The predicted molar refractivity (Wildman–Crippen MR) is 73.9 cm³/mol. The van der Waals surface area contributed by atoms with Crippen LogP contribution in [0, 0.1) is 5.92 Å². The van der Waals surface area contributed by atoms with E-state index in [4.69, 9.17) is 0 Å². The molecule has 0 unspecified atom stereocenters. The molecule has 0 spiro atoms. The molecule has 4 heteroatoms. The van der Waals surface area contributed by atoms with Crippen LogP contribution in [0.4, 0.5) is 5.69 Å². The number of anilines is 1. The fourth-order valence-corrected chi connectivity index (χ4v) is 2.55. The van der Waals surface area contributed by atoms with E-state index in [1.54, 1.807) is 16.9 Å². The van der Waals surface area contributed by atoms with E-state index in [0.717, 1.165) is 25.2 Å². The van der Waals surface area contributed by atoms with E-state index in [1.165, 1.54) is 32.1 Å². The minimum Gasteiger partial charge on any atom is -0.384 e. The van der Waals surface area contributed by atoms with Gasteiger partial charge in [-0.3, -0.25) is 4.79 Å². The topological polar surface area (TPSA) is 46.9 Å². The average Bonchev–Trinajstić information content (AvgIpc) is 2.40. The van der Waals surface area contributed by atoms with E-state index in [-0.39, 0.29) is 5.56 Å². The monoisotopic (exact) mass is 249 g/mol. The minimum atomic E-state index is 0.0154. The van der Waals surface area contributed by atoms with Crippen molar-refractivity contribution in [2.75, 3.05) is 11.9 Å². The second kappa shape index (κ2) is 6.57. The van der Waals surface area contributed by atoms with Gasteiger partial charge < -0.3 is 5.32 Å². The SMILES string of the molecule is CCCNc1cnn(CC2CCCCC2)c(=O)c1. The zero-order chi connectivity index (χ0) is 12.8. The Morgan fingerprint density at radius 3 is 2.83 bits per heavy atom. The van der Waals surface area contributed by atoms with Crippen LogP contribution in [0.25, 0.3) is 0 Å². The van der Waals surface area contributed by atoms with Crippen LogP contribution in [0.3, 0.4) is 0 Å². The maximum absolute atomic E-state index is 11.9. The lowest BCUT2D eigenvalue weighted by Gasteiger charge is -2.21. The highest BCUT2D eigenvalue weighted by atomic mass is 16.1. The van der Waals surface area contributed by atoms with Gasteiger partial charge in [-0.25, -0.2) is 4.68 Å². The summed E-state index contributed by atoms with van der Waals surface area (Å²) >= 11 is 0. The predicted octanol–water partition coefficient (Wildman–Crippen LogP) is 2.65. The lowest BCUT2D eigenvalue weighted by molar-refractivity contribution is 0.302. The molecule has 1 N–H and O–H groups in total. The maximum Gasteiger partial charge on any atom is 0.268 e. The van der Waals surface area contributed by atoms with Crippen LogP contribution in [0.5, 0.6) is 0 Å². The largest absolute Gasteiger partial charge is 0.384 e. The van der Waals surface area contributed by atoms with Crippen molar-refractivity contribution in [3.05, 3.63) is 22.6 Å². The van der Waals surface area contributed by atoms with Gasteiger partial charge in [0.1, 0.15) is 0 Å². The zero-order valence-electron chi connectivity index (χ0n) is 11.2. The smallest absolute Gasteiger partial charge is 0.268 e. The van der Waals surface area contributed by atoms with Crippen molar-refractivity contribution in [3.63, 3.8) is 0 Å². The standard InChI is InChI=1S/C14H23N3O/c1-2-8-15-13-9-14(18)17(16-10-13)11-12-6-4-3-5-7-12/h9-10,12,15H,2-8,11H2,1H3. The molecule has 0 aromatic carbocycles. The van der Waals surface area contributed by atoms with Crippen LogP contribution in [-0.4, -0.2) is 16.3 Å². The highest BCUT2D eigenvalue weighted by Gasteiger charge is 2.14. The molecular formula is C14H23N3O. The van der Waals surface area contributed by atoms with Gasteiger partial charge >= 0.3 is 0 Å². The molecule has 0 radical (unpaired) electrons. The van der Waals surface area contributed by atoms with E-state index in [0.29, 0.717) is 5.92 Å². The third kappa shape index (κ3) is 3.59. The Morgan fingerprint density at radius 2 is 2.17 bits per heavy atom. The summed E-state index contributed by atoms with van der Waals surface area (Å²) in [6, 6.07) is 1.66. The van der Waals surface area contributed by atoms with E-state index in [9.17, 15) is 4.79 Å². The fraction of sp³-hybridized carbons (Fsp3) is 0.714. The van der Waals surface area contributed by atoms with Crippen LogP contribution in [0.2, 0.25) is 0 Å². The molecule has 0 bridgehead atoms. The lowest BCUT2D eigenvalue weighted by Crippen LogP contribution is -2.27. The number of rotatable bonds is 5. The summed E-state index contributed by atoms with van der Waals surface area (Å²) in [5, 5.41) is 7.46. The molecule has 0 aliphatic heterocycles. The van der Waals surface area contributed by atoms with Crippen LogP contribution in [0.15, 0.2) is 17.1 Å². The third-order valence-corrected chi connectivity index (χ3v) is 3.60. The molecule has 0 amide bonds. The van der Waals surface area contributed by atoms with Crippen molar-refractivity contribution < 1.29 is 0 Å². The summed E-state index contributed by atoms with van der Waals surface area (Å²) in [4.78, 5) is 11.9. The normalized spacial score (nSPS) is 16.7. The Bertz CT molecular complexity index is 421. The first kappa shape index (κ1) is 13.1. The van der Waals surface area contributed by atoms with E-state index in [1.807, 2.05) is 0 Å². The van der Waals surface area contributed by atoms with E-state index >= 15 is 0 Å². The Kier molecular flexibility index (Phi) is 4.79. The molecule has 18 heavy (non-hydrogen) atoms. The summed E-state index contributed by atoms with van der Waals surface area (Å²) in [6.07, 6.45) is 9.24. The average molecular weight is 249 g/mol. The van der Waals surface area contributed by atoms with Crippen LogP contribution >= 0.6 is 0 Å². The first-order chi connectivity index (χ1) is 8.79. The summed E-state index contributed by atoms with van der Waals surface area (Å²) < 4.78 is 1.62. The van der Waals surface area contributed by atoms with Crippen molar-refractivity contribution in [2.45, 2.75) is 52.0 Å². The van der Waals surface area contributed by atoms with Gasteiger partial charge in [-0.2, -0.15) is 5.10 Å². The quantitative estimate of drug-likeness (QED) is 0.872. The fourth-order valence-electron chi connectivity index (χ4n) is 2.55. The van der Waals surface area contributed by atoms with Crippen LogP contribution in [-0.2, 0) is 6.54 Å². The van der Waals surface area contributed by atoms with Crippen LogP contribution in [0.1, 0.15) is 45.4 Å². The van der Waals surface area contributed by atoms with Gasteiger partial charge in [-0.1, -0.05) is 26.2 Å². The molecule has 100 valence electrons. The van der Waals surface area contributed by atoms with Crippen molar-refractivity contribution in [3.8, 4) is 0 Å². The Hall–Kier alpha value is -1.32. The summed E-state index contributed by atoms with van der Waals surface area (Å²) in [7, 11) is 0. The molecule has 1 aromatic heterocycles. The zero-order valence-corrected chi connectivity index (χ0v) is 11.2. The lowest BCUT2D eigenvalue weighted by atomic mass is 9.89. The Labute approximate surface area is 108 Å². The highest BCUT2D eigenvalue weighted by molar-refractivity contribution is 5.38. The molecule has 1 heterocycles. The van der Waals surface area contributed by atoms with E-state index in [2.05, 4.69) is 17.3 Å². The first-order valence-corrected chi connectivity index (χ1v) is 7.10. The second-order valence-corrected chi connectivity index (χ2v) is 5.20.